The van der Waals surface area contributed by atoms with E-state index in [2.05, 4.69) is 71.2 Å². The van der Waals surface area contributed by atoms with E-state index in [0.717, 1.165) is 29.1 Å². The van der Waals surface area contributed by atoms with Gasteiger partial charge in [0.2, 0.25) is 0 Å². The zero-order valence-corrected chi connectivity index (χ0v) is 14.0. The molecule has 114 valence electrons. The first-order valence-electron chi connectivity index (χ1n) is 7.31. The van der Waals surface area contributed by atoms with Crippen LogP contribution in [-0.2, 0) is 0 Å². The lowest BCUT2D eigenvalue weighted by Gasteiger charge is -2.20. The second-order valence-corrected chi connectivity index (χ2v) is 6.65. The number of likely N-dealkylation sites (N-methyl/N-ethyl adjacent to an activating group) is 2. The van der Waals surface area contributed by atoms with Crippen molar-refractivity contribution in [2.45, 2.75) is 0 Å². The van der Waals surface area contributed by atoms with Crippen LogP contribution in [0.3, 0.4) is 0 Å². The van der Waals surface area contributed by atoms with Crippen LogP contribution in [0.15, 0.2) is 42.7 Å². The molecule has 0 radical (unpaired) electrons. The second kappa shape index (κ2) is 6.42. The molecule has 0 bridgehead atoms. The molecule has 0 amide bonds. The van der Waals surface area contributed by atoms with Gasteiger partial charge in [0.15, 0.2) is 0 Å². The number of benzene rings is 1. The molecular formula is C17H20N4S. The molecular weight excluding hydrogens is 292 g/mol. The van der Waals surface area contributed by atoms with E-state index in [1.165, 1.54) is 10.4 Å². The lowest BCUT2D eigenvalue weighted by Crippen LogP contribution is -2.29. The Morgan fingerprint density at radius 2 is 1.77 bits per heavy atom. The highest BCUT2D eigenvalue weighted by molar-refractivity contribution is 7.21. The third-order valence-electron chi connectivity index (χ3n) is 3.61. The fourth-order valence-corrected chi connectivity index (χ4v) is 3.35. The minimum Gasteiger partial charge on any atom is -0.358 e. The number of hydrogen-bond acceptors (Lipinski definition) is 5. The number of fused-ring (bicyclic) bond motifs is 1. The van der Waals surface area contributed by atoms with Crippen LogP contribution in [0.2, 0.25) is 0 Å². The average molecular weight is 312 g/mol. The van der Waals surface area contributed by atoms with Gasteiger partial charge in [-0.05, 0) is 25.7 Å². The number of anilines is 1. The summed E-state index contributed by atoms with van der Waals surface area (Å²) >= 11 is 1.72. The van der Waals surface area contributed by atoms with Gasteiger partial charge in [0.25, 0.3) is 0 Å². The summed E-state index contributed by atoms with van der Waals surface area (Å²) in [7, 11) is 6.26. The van der Waals surface area contributed by atoms with Crippen LogP contribution in [-0.4, -0.2) is 49.1 Å². The molecule has 0 saturated heterocycles. The van der Waals surface area contributed by atoms with Gasteiger partial charge in [-0.25, -0.2) is 9.97 Å². The van der Waals surface area contributed by atoms with E-state index in [0.29, 0.717) is 0 Å². The molecule has 0 aliphatic carbocycles. The van der Waals surface area contributed by atoms with Gasteiger partial charge in [-0.2, -0.15) is 0 Å². The summed E-state index contributed by atoms with van der Waals surface area (Å²) in [4.78, 5) is 15.6. The Morgan fingerprint density at radius 1 is 1.00 bits per heavy atom. The van der Waals surface area contributed by atoms with Gasteiger partial charge in [0, 0.05) is 25.0 Å². The van der Waals surface area contributed by atoms with E-state index in [-0.39, 0.29) is 0 Å². The number of aromatic nitrogens is 2. The lowest BCUT2D eigenvalue weighted by atomic mass is 10.2. The number of rotatable bonds is 5. The lowest BCUT2D eigenvalue weighted by molar-refractivity contribution is 0.416. The zero-order chi connectivity index (χ0) is 15.5. The number of thiophene rings is 1. The maximum atomic E-state index is 4.49. The van der Waals surface area contributed by atoms with Crippen molar-refractivity contribution in [3.8, 4) is 10.4 Å². The normalized spacial score (nSPS) is 11.3. The van der Waals surface area contributed by atoms with E-state index in [4.69, 9.17) is 0 Å². The maximum absolute atomic E-state index is 4.49. The van der Waals surface area contributed by atoms with Gasteiger partial charge < -0.3 is 9.80 Å². The van der Waals surface area contributed by atoms with Crippen molar-refractivity contribution in [1.82, 2.24) is 14.9 Å². The first-order valence-corrected chi connectivity index (χ1v) is 8.12. The molecule has 2 aromatic heterocycles. The van der Waals surface area contributed by atoms with Gasteiger partial charge in [-0.1, -0.05) is 30.3 Å². The van der Waals surface area contributed by atoms with Crippen molar-refractivity contribution in [2.24, 2.45) is 0 Å². The van der Waals surface area contributed by atoms with Crippen LogP contribution in [0.1, 0.15) is 0 Å². The zero-order valence-electron chi connectivity index (χ0n) is 13.2. The molecule has 3 aromatic rings. The molecule has 0 atom stereocenters. The van der Waals surface area contributed by atoms with Crippen molar-refractivity contribution < 1.29 is 0 Å². The van der Waals surface area contributed by atoms with Gasteiger partial charge in [-0.3, -0.25) is 0 Å². The largest absolute Gasteiger partial charge is 0.358 e. The molecule has 0 aliphatic rings. The van der Waals surface area contributed by atoms with Crippen LogP contribution in [0.25, 0.3) is 20.7 Å². The minimum absolute atomic E-state index is 0.940. The van der Waals surface area contributed by atoms with E-state index in [9.17, 15) is 0 Å². The molecule has 0 saturated carbocycles. The molecule has 0 spiro atoms. The quantitative estimate of drug-likeness (QED) is 0.723. The van der Waals surface area contributed by atoms with Crippen LogP contribution in [0, 0.1) is 0 Å². The van der Waals surface area contributed by atoms with Crippen molar-refractivity contribution in [2.75, 3.05) is 39.1 Å². The summed E-state index contributed by atoms with van der Waals surface area (Å²) in [5.74, 6) is 1.00. The molecule has 4 nitrogen and oxygen atoms in total. The Hall–Kier alpha value is -1.98. The Kier molecular flexibility index (Phi) is 4.36. The summed E-state index contributed by atoms with van der Waals surface area (Å²) in [5.41, 5.74) is 1.23. The Bertz CT molecular complexity index is 752. The van der Waals surface area contributed by atoms with Crippen molar-refractivity contribution in [3.63, 3.8) is 0 Å². The first kappa shape index (κ1) is 14.9. The molecule has 5 heteroatoms. The second-order valence-electron chi connectivity index (χ2n) is 5.62. The minimum atomic E-state index is 0.940. The number of hydrogen-bond donors (Lipinski definition) is 0. The fourth-order valence-electron chi connectivity index (χ4n) is 2.35. The predicted molar refractivity (Wildman–Crippen MR) is 94.7 cm³/mol. The number of nitrogens with zero attached hydrogens (tertiary/aromatic N) is 4. The third kappa shape index (κ3) is 3.10. The molecule has 0 fully saturated rings. The third-order valence-corrected chi connectivity index (χ3v) is 4.70. The summed E-state index contributed by atoms with van der Waals surface area (Å²) < 4.78 is 0. The van der Waals surface area contributed by atoms with Crippen LogP contribution in [0.4, 0.5) is 5.82 Å². The SMILES string of the molecule is CN(C)CCN(C)c1ncnc2sc(-c3ccccc3)cc12. The molecule has 1 aromatic carbocycles. The summed E-state index contributed by atoms with van der Waals surface area (Å²) in [6.45, 7) is 1.94. The predicted octanol–water partition coefficient (Wildman–Crippen LogP) is 3.36. The molecule has 0 aliphatic heterocycles. The Labute approximate surface area is 135 Å². The maximum Gasteiger partial charge on any atom is 0.140 e. The van der Waals surface area contributed by atoms with Gasteiger partial charge in [0.05, 0.1) is 5.39 Å². The van der Waals surface area contributed by atoms with E-state index >= 15 is 0 Å². The first-order chi connectivity index (χ1) is 10.6. The summed E-state index contributed by atoms with van der Waals surface area (Å²) in [6, 6.07) is 12.6. The van der Waals surface area contributed by atoms with Crippen LogP contribution in [0.5, 0.6) is 0 Å². The topological polar surface area (TPSA) is 32.3 Å². The van der Waals surface area contributed by atoms with Crippen molar-refractivity contribution in [3.05, 3.63) is 42.7 Å². The van der Waals surface area contributed by atoms with Crippen molar-refractivity contribution in [1.29, 1.82) is 0 Å². The molecule has 2 heterocycles. The van der Waals surface area contributed by atoms with Gasteiger partial charge >= 0.3 is 0 Å². The van der Waals surface area contributed by atoms with E-state index < -0.39 is 0 Å². The summed E-state index contributed by atoms with van der Waals surface area (Å²) in [6.07, 6.45) is 1.66. The highest BCUT2D eigenvalue weighted by Gasteiger charge is 2.13. The molecule has 22 heavy (non-hydrogen) atoms. The van der Waals surface area contributed by atoms with E-state index in [1.54, 1.807) is 17.7 Å². The molecule has 0 N–H and O–H groups in total. The molecule has 3 rings (SSSR count). The van der Waals surface area contributed by atoms with Crippen molar-refractivity contribution >= 4 is 27.4 Å². The van der Waals surface area contributed by atoms with Crippen LogP contribution < -0.4 is 4.90 Å². The standard InChI is InChI=1S/C17H20N4S/c1-20(2)9-10-21(3)16-14-11-15(13-7-5-4-6-8-13)22-17(14)19-12-18-16/h4-8,11-12H,9-10H2,1-3H3. The molecule has 0 unspecified atom stereocenters. The monoisotopic (exact) mass is 312 g/mol. The Balaban J connectivity index is 1.97. The average Bonchev–Trinajstić information content (AvgIpc) is 2.97. The Morgan fingerprint density at radius 3 is 2.50 bits per heavy atom. The fraction of sp³-hybridized carbons (Fsp3) is 0.294. The van der Waals surface area contributed by atoms with E-state index in [1.807, 2.05) is 6.07 Å². The highest BCUT2D eigenvalue weighted by atomic mass is 32.1. The van der Waals surface area contributed by atoms with Crippen LogP contribution >= 0.6 is 11.3 Å². The van der Waals surface area contributed by atoms with Gasteiger partial charge in [0.1, 0.15) is 17.0 Å². The highest BCUT2D eigenvalue weighted by Crippen LogP contribution is 2.35. The summed E-state index contributed by atoms with van der Waals surface area (Å²) in [5, 5.41) is 1.13. The van der Waals surface area contributed by atoms with Gasteiger partial charge in [-0.15, -0.1) is 11.3 Å². The smallest absolute Gasteiger partial charge is 0.140 e.